The predicted octanol–water partition coefficient (Wildman–Crippen LogP) is 1.06. The van der Waals surface area contributed by atoms with E-state index in [2.05, 4.69) is 4.98 Å². The van der Waals surface area contributed by atoms with Gasteiger partial charge >= 0.3 is 5.97 Å². The highest BCUT2D eigenvalue weighted by atomic mass is 32.2. The minimum atomic E-state index is -1.18. The van der Waals surface area contributed by atoms with Crippen LogP contribution in [0.25, 0.3) is 6.08 Å². The first-order valence-corrected chi connectivity index (χ1v) is 11.1. The summed E-state index contributed by atoms with van der Waals surface area (Å²) >= 11 is 2.46. The van der Waals surface area contributed by atoms with Gasteiger partial charge in [0.05, 0.1) is 35.1 Å². The summed E-state index contributed by atoms with van der Waals surface area (Å²) in [6.07, 6.45) is 0.836. The maximum atomic E-state index is 12.4. The molecule has 0 aliphatic carbocycles. The quantitative estimate of drug-likeness (QED) is 0.498. The van der Waals surface area contributed by atoms with Gasteiger partial charge in [-0.2, -0.15) is 0 Å². The number of fused-ring (bicyclic) bond motifs is 1. The number of carboxylic acids is 1. The molecule has 0 spiro atoms. The molecular weight excluding hydrogens is 430 g/mol. The second kappa shape index (κ2) is 8.88. The molecule has 9 nitrogen and oxygen atoms in total. The first-order chi connectivity index (χ1) is 14.2. The Bertz CT molecular complexity index is 925. The molecule has 0 aromatic carbocycles. The second-order valence-electron chi connectivity index (χ2n) is 7.21. The second-order valence-corrected chi connectivity index (χ2v) is 9.04. The van der Waals surface area contributed by atoms with Crippen LogP contribution in [0.15, 0.2) is 21.5 Å². The van der Waals surface area contributed by atoms with Gasteiger partial charge in [0.25, 0.3) is 5.91 Å². The fraction of sp³-hybridized carbons (Fsp3) is 0.474. The van der Waals surface area contributed by atoms with Gasteiger partial charge in [-0.25, -0.2) is 9.78 Å². The predicted molar refractivity (Wildman–Crippen MR) is 112 cm³/mol. The highest BCUT2D eigenvalue weighted by molar-refractivity contribution is 8.06. The average molecular weight is 454 g/mol. The van der Waals surface area contributed by atoms with E-state index >= 15 is 0 Å². The van der Waals surface area contributed by atoms with E-state index in [4.69, 9.17) is 5.11 Å². The Morgan fingerprint density at radius 1 is 1.47 bits per heavy atom. The zero-order valence-electron chi connectivity index (χ0n) is 16.7. The number of aliphatic carboxylic acids is 1. The molecule has 11 heteroatoms. The lowest BCUT2D eigenvalue weighted by molar-refractivity contribution is -0.163. The standard InChI is InChI=1S/C19H23N3O6S2/c1-9-14-12(10(2)24)17(25)22(14)15(19(27)28)16(9)29-7-4-11-13(20-8-30-11)18(26)21(3)5-6-23/h4,7-10,12,14,23-24H,5-6H2,1-3H3,(H,27,28)/b7-4-/t9-,10-,12-,14-/m1/s1. The van der Waals surface area contributed by atoms with E-state index in [0.29, 0.717) is 9.78 Å². The number of rotatable bonds is 8. The zero-order chi connectivity index (χ0) is 22.2. The van der Waals surface area contributed by atoms with Crippen LogP contribution in [0.1, 0.15) is 29.2 Å². The lowest BCUT2D eigenvalue weighted by Gasteiger charge is -2.46. The Morgan fingerprint density at radius 3 is 2.77 bits per heavy atom. The van der Waals surface area contributed by atoms with Gasteiger partial charge < -0.3 is 25.1 Å². The SMILES string of the molecule is C[C@@H](O)[C@H]1C(=O)N2C(C(=O)O)=C(S/C=C\c3scnc3C(=O)N(C)CCO)[C@H](C)[C@H]12. The van der Waals surface area contributed by atoms with Crippen molar-refractivity contribution in [2.75, 3.05) is 20.2 Å². The number of aromatic nitrogens is 1. The van der Waals surface area contributed by atoms with E-state index in [1.807, 2.05) is 6.92 Å². The fourth-order valence-corrected chi connectivity index (χ4v) is 5.57. The topological polar surface area (TPSA) is 131 Å². The van der Waals surface area contributed by atoms with Gasteiger partial charge in [-0.05, 0) is 18.4 Å². The molecule has 1 saturated heterocycles. The molecule has 2 amide bonds. The van der Waals surface area contributed by atoms with Crippen LogP contribution in [-0.2, 0) is 9.59 Å². The fourth-order valence-electron chi connectivity index (χ4n) is 3.81. The normalized spacial score (nSPS) is 24.2. The Morgan fingerprint density at radius 2 is 2.17 bits per heavy atom. The molecule has 3 rings (SSSR count). The van der Waals surface area contributed by atoms with Crippen molar-refractivity contribution in [3.8, 4) is 0 Å². The van der Waals surface area contributed by atoms with Crippen molar-refractivity contribution in [2.24, 2.45) is 11.8 Å². The molecule has 3 N–H and O–H groups in total. The number of β-lactam (4-membered cyclic amide) rings is 1. The minimum absolute atomic E-state index is 0.0488. The van der Waals surface area contributed by atoms with Crippen LogP contribution in [0.2, 0.25) is 0 Å². The van der Waals surface area contributed by atoms with Gasteiger partial charge in [0, 0.05) is 24.4 Å². The van der Waals surface area contributed by atoms with Crippen molar-refractivity contribution in [2.45, 2.75) is 26.0 Å². The Kier molecular flexibility index (Phi) is 6.65. The van der Waals surface area contributed by atoms with Gasteiger partial charge in [-0.3, -0.25) is 9.59 Å². The van der Waals surface area contributed by atoms with Crippen molar-refractivity contribution in [3.05, 3.63) is 32.1 Å². The molecule has 0 saturated carbocycles. The van der Waals surface area contributed by atoms with Crippen LogP contribution >= 0.6 is 23.1 Å². The number of amides is 2. The van der Waals surface area contributed by atoms with Gasteiger partial charge in [-0.15, -0.1) is 11.3 Å². The van der Waals surface area contributed by atoms with E-state index in [-0.39, 0.29) is 48.3 Å². The van der Waals surface area contributed by atoms with Crippen molar-refractivity contribution in [1.82, 2.24) is 14.8 Å². The third-order valence-electron chi connectivity index (χ3n) is 5.31. The first kappa shape index (κ1) is 22.5. The molecule has 1 aromatic rings. The molecule has 0 bridgehead atoms. The Hall–Kier alpha value is -2.21. The number of carboxylic acid groups (broad SMARTS) is 1. The number of carbonyl (C=O) groups excluding carboxylic acids is 2. The first-order valence-electron chi connectivity index (χ1n) is 9.32. The number of aliphatic hydroxyl groups excluding tert-OH is 2. The molecule has 30 heavy (non-hydrogen) atoms. The minimum Gasteiger partial charge on any atom is -0.477 e. The number of hydrogen-bond donors (Lipinski definition) is 3. The Balaban J connectivity index is 1.80. The molecule has 4 atom stereocenters. The van der Waals surface area contributed by atoms with Gasteiger partial charge in [-0.1, -0.05) is 18.7 Å². The van der Waals surface area contributed by atoms with Crippen molar-refractivity contribution in [1.29, 1.82) is 0 Å². The molecule has 1 aromatic heterocycles. The van der Waals surface area contributed by atoms with E-state index < -0.39 is 18.0 Å². The van der Waals surface area contributed by atoms with E-state index in [1.165, 1.54) is 39.8 Å². The zero-order valence-corrected chi connectivity index (χ0v) is 18.3. The van der Waals surface area contributed by atoms with Crippen molar-refractivity contribution >= 4 is 47.0 Å². The summed E-state index contributed by atoms with van der Waals surface area (Å²) in [5, 5.41) is 30.2. The molecule has 162 valence electrons. The van der Waals surface area contributed by atoms with Crippen LogP contribution in [0.3, 0.4) is 0 Å². The molecule has 2 aliphatic heterocycles. The van der Waals surface area contributed by atoms with Crippen LogP contribution in [0.5, 0.6) is 0 Å². The number of aliphatic hydroxyl groups is 2. The number of thiazole rings is 1. The van der Waals surface area contributed by atoms with Crippen molar-refractivity contribution in [3.63, 3.8) is 0 Å². The molecular formula is C19H23N3O6S2. The van der Waals surface area contributed by atoms with Crippen LogP contribution in [0, 0.1) is 11.8 Å². The van der Waals surface area contributed by atoms with Crippen LogP contribution < -0.4 is 0 Å². The van der Waals surface area contributed by atoms with E-state index in [0.717, 1.165) is 0 Å². The highest BCUT2D eigenvalue weighted by Gasteiger charge is 2.59. The van der Waals surface area contributed by atoms with Gasteiger partial charge in [0.1, 0.15) is 11.4 Å². The lowest BCUT2D eigenvalue weighted by atomic mass is 9.79. The maximum Gasteiger partial charge on any atom is 0.353 e. The summed E-state index contributed by atoms with van der Waals surface area (Å²) in [4.78, 5) is 44.5. The summed E-state index contributed by atoms with van der Waals surface area (Å²) in [6.45, 7) is 3.42. The summed E-state index contributed by atoms with van der Waals surface area (Å²) in [6, 6.07) is -0.368. The molecule has 3 heterocycles. The van der Waals surface area contributed by atoms with Crippen molar-refractivity contribution < 1.29 is 29.7 Å². The average Bonchev–Trinajstić information content (AvgIpc) is 3.23. The smallest absolute Gasteiger partial charge is 0.353 e. The van der Waals surface area contributed by atoms with Crippen LogP contribution in [0.4, 0.5) is 0 Å². The third kappa shape index (κ3) is 3.78. The number of nitrogens with zero attached hydrogens (tertiary/aromatic N) is 3. The number of carbonyl (C=O) groups is 3. The van der Waals surface area contributed by atoms with Gasteiger partial charge in [0.2, 0.25) is 5.91 Å². The number of thioether (sulfide) groups is 1. The van der Waals surface area contributed by atoms with Crippen LogP contribution in [-0.4, -0.2) is 80.2 Å². The molecule has 0 radical (unpaired) electrons. The third-order valence-corrected chi connectivity index (χ3v) is 7.19. The molecule has 1 fully saturated rings. The highest BCUT2D eigenvalue weighted by Crippen LogP contribution is 2.50. The monoisotopic (exact) mass is 453 g/mol. The Labute approximate surface area is 181 Å². The number of hydrogen-bond acceptors (Lipinski definition) is 8. The molecule has 0 unspecified atom stereocenters. The van der Waals surface area contributed by atoms with E-state index in [1.54, 1.807) is 24.0 Å². The largest absolute Gasteiger partial charge is 0.477 e. The summed E-state index contributed by atoms with van der Waals surface area (Å²) in [5.41, 5.74) is 1.75. The lowest BCUT2D eigenvalue weighted by Crippen LogP contribution is -2.63. The summed E-state index contributed by atoms with van der Waals surface area (Å²) < 4.78 is 0. The summed E-state index contributed by atoms with van der Waals surface area (Å²) in [7, 11) is 1.57. The van der Waals surface area contributed by atoms with Gasteiger partial charge in [0.15, 0.2) is 0 Å². The van der Waals surface area contributed by atoms with E-state index in [9.17, 15) is 24.6 Å². The number of likely N-dealkylation sites (N-methyl/N-ethyl adjacent to an activating group) is 1. The maximum absolute atomic E-state index is 12.4. The molecule has 2 aliphatic rings. The summed E-state index contributed by atoms with van der Waals surface area (Å²) in [5.74, 6) is -2.72.